The second kappa shape index (κ2) is 9.69. The van der Waals surface area contributed by atoms with Crippen LogP contribution in [0.5, 0.6) is 0 Å². The van der Waals surface area contributed by atoms with E-state index in [0.717, 1.165) is 16.4 Å². The van der Waals surface area contributed by atoms with Crippen LogP contribution in [-0.4, -0.2) is 116 Å². The van der Waals surface area contributed by atoms with Crippen LogP contribution in [0.25, 0.3) is 0 Å². The third-order valence-corrected chi connectivity index (χ3v) is 8.07. The Hall–Kier alpha value is -2.79. The minimum atomic E-state index is -1.49. The number of aliphatic hydroxyl groups excluding tert-OH is 2. The molecule has 5 atom stereocenters. The Morgan fingerprint density at radius 2 is 2.14 bits per heavy atom. The fourth-order valence-electron chi connectivity index (χ4n) is 4.51. The number of nitrogen functional groups attached to an aromatic ring is 1. The van der Waals surface area contributed by atoms with Gasteiger partial charge in [-0.05, 0) is 0 Å². The normalized spacial score (nSPS) is 31.0. The first-order valence-corrected chi connectivity index (χ1v) is 12.5. The molecule has 35 heavy (non-hydrogen) atoms. The van der Waals surface area contributed by atoms with E-state index in [9.17, 15) is 29.7 Å². The van der Waals surface area contributed by atoms with Gasteiger partial charge in [-0.25, -0.2) is 0 Å². The molecule has 3 aliphatic rings. The number of carbonyl (C=O) groups is 3. The largest absolute Gasteiger partial charge is 0.543 e. The number of nitrogens with zero attached hydrogens (tertiary/aromatic N) is 5. The Labute approximate surface area is 208 Å². The third kappa shape index (κ3) is 4.84. The first-order valence-electron chi connectivity index (χ1n) is 10.6. The number of nitrogens with two attached hydrogens (primary N) is 1. The molecule has 2 fully saturated rings. The van der Waals surface area contributed by atoms with E-state index in [1.54, 1.807) is 0 Å². The molecular weight excluding hydrogens is 502 g/mol. The molecule has 0 saturated carbocycles. The Morgan fingerprint density at radius 1 is 1.40 bits per heavy atom. The Kier molecular flexibility index (Phi) is 7.01. The predicted molar refractivity (Wildman–Crippen MR) is 122 cm³/mol. The van der Waals surface area contributed by atoms with Gasteiger partial charge in [0.2, 0.25) is 11.5 Å². The quantitative estimate of drug-likeness (QED) is 0.118. The van der Waals surface area contributed by atoms with E-state index in [-0.39, 0.29) is 35.5 Å². The number of fused-ring (bicyclic) bond motifs is 1. The number of thioether (sulfide) groups is 1. The Balaban J connectivity index is 1.51. The topological polar surface area (TPSA) is 203 Å². The second-order valence-electron chi connectivity index (χ2n) is 8.79. The van der Waals surface area contributed by atoms with Crippen molar-refractivity contribution in [3.05, 3.63) is 17.1 Å². The van der Waals surface area contributed by atoms with Crippen LogP contribution in [0.15, 0.2) is 16.4 Å². The van der Waals surface area contributed by atoms with E-state index >= 15 is 0 Å². The molecule has 190 valence electrons. The van der Waals surface area contributed by atoms with Gasteiger partial charge in [-0.15, -0.1) is 11.8 Å². The average Bonchev–Trinajstić information content (AvgIpc) is 3.23. The van der Waals surface area contributed by atoms with Gasteiger partial charge in [-0.3, -0.25) is 14.5 Å². The number of hydrogen-bond acceptors (Lipinski definition) is 13. The maximum atomic E-state index is 13.0. The van der Waals surface area contributed by atoms with Crippen molar-refractivity contribution in [3.8, 4) is 0 Å². The van der Waals surface area contributed by atoms with Crippen LogP contribution < -0.4 is 16.2 Å². The van der Waals surface area contributed by atoms with Gasteiger partial charge in [0.1, 0.15) is 37.7 Å². The number of aliphatic hydroxyl groups is 2. The number of piperidine rings is 1. The fourth-order valence-corrected chi connectivity index (χ4v) is 6.28. The lowest BCUT2D eigenvalue weighted by Gasteiger charge is -2.51. The first-order chi connectivity index (χ1) is 16.5. The summed E-state index contributed by atoms with van der Waals surface area (Å²) in [5, 5.41) is 37.6. The van der Waals surface area contributed by atoms with Crippen LogP contribution in [0.2, 0.25) is 0 Å². The number of carbonyl (C=O) groups excluding carboxylic acids is 3. The molecule has 4 heterocycles. The number of carboxylic acid groups (broad SMARTS) is 1. The van der Waals surface area contributed by atoms with Gasteiger partial charge >= 0.3 is 0 Å². The molecule has 14 nitrogen and oxygen atoms in total. The van der Waals surface area contributed by atoms with Crippen molar-refractivity contribution >= 4 is 51.9 Å². The standard InChI is InChI=1S/C19H25N7O7S2/c1-26(4-3-9(27)10(28)6-26)5-8-7-34-17-12(16(30)25(17)13(8)18(31)32)21-15(29)11(23-33-2)14-22-19(20)35-24-14/h9-10,12,17,27-28H,3-7H2,1-2H3,(H3-,20,21,22,24,29,31,32)/b23-11-/t9-,10+,12-,17-,26?/m1/s1. The predicted octanol–water partition coefficient (Wildman–Crippen LogP) is -3.55. The van der Waals surface area contributed by atoms with E-state index in [1.807, 2.05) is 7.05 Å². The van der Waals surface area contributed by atoms with Gasteiger partial charge in [0, 0.05) is 29.3 Å². The summed E-state index contributed by atoms with van der Waals surface area (Å²) in [6.07, 6.45) is -1.35. The van der Waals surface area contributed by atoms with Crippen molar-refractivity contribution in [3.63, 3.8) is 0 Å². The van der Waals surface area contributed by atoms with Crippen molar-refractivity contribution in [2.75, 3.05) is 45.3 Å². The molecule has 5 N–H and O–H groups in total. The van der Waals surface area contributed by atoms with Crippen LogP contribution in [0.4, 0.5) is 5.13 Å². The zero-order valence-electron chi connectivity index (χ0n) is 18.9. The smallest absolute Gasteiger partial charge is 0.278 e. The summed E-state index contributed by atoms with van der Waals surface area (Å²) in [5.41, 5.74) is 5.58. The number of oxime groups is 1. The maximum absolute atomic E-state index is 13.0. The zero-order valence-corrected chi connectivity index (χ0v) is 20.5. The first kappa shape index (κ1) is 25.3. The van der Waals surface area contributed by atoms with E-state index in [1.165, 1.54) is 18.9 Å². The summed E-state index contributed by atoms with van der Waals surface area (Å²) in [4.78, 5) is 47.5. The lowest BCUT2D eigenvalue weighted by Crippen LogP contribution is -2.72. The summed E-state index contributed by atoms with van der Waals surface area (Å²) in [5.74, 6) is -2.63. The maximum Gasteiger partial charge on any atom is 0.278 e. The van der Waals surface area contributed by atoms with E-state index in [2.05, 4.69) is 19.8 Å². The number of anilines is 1. The molecule has 0 spiro atoms. The van der Waals surface area contributed by atoms with Crippen molar-refractivity contribution < 1.29 is 39.0 Å². The number of β-lactam (4-membered cyclic amide) rings is 1. The molecule has 0 bridgehead atoms. The van der Waals surface area contributed by atoms with Gasteiger partial charge in [-0.2, -0.15) is 9.36 Å². The summed E-state index contributed by atoms with van der Waals surface area (Å²) < 4.78 is 4.25. The van der Waals surface area contributed by atoms with Crippen LogP contribution in [0, 0.1) is 0 Å². The molecule has 0 aromatic carbocycles. The number of aliphatic carboxylic acids is 1. The number of aromatic nitrogens is 2. The van der Waals surface area contributed by atoms with Crippen LogP contribution >= 0.6 is 23.3 Å². The highest BCUT2D eigenvalue weighted by Crippen LogP contribution is 2.41. The van der Waals surface area contributed by atoms with E-state index in [0.29, 0.717) is 28.8 Å². The molecule has 1 aromatic rings. The molecule has 2 amide bonds. The molecule has 2 saturated heterocycles. The number of hydrogen-bond donors (Lipinski definition) is 4. The van der Waals surface area contributed by atoms with Crippen LogP contribution in [-0.2, 0) is 19.2 Å². The average molecular weight is 528 g/mol. The summed E-state index contributed by atoms with van der Waals surface area (Å²) in [6.45, 7) is 1.07. The minimum Gasteiger partial charge on any atom is -0.543 e. The minimum absolute atomic E-state index is 0.0600. The number of likely N-dealkylation sites (N-methyl/N-ethyl adjacent to an activating group) is 1. The fraction of sp³-hybridized carbons (Fsp3) is 0.579. The van der Waals surface area contributed by atoms with Gasteiger partial charge in [0.15, 0.2) is 5.13 Å². The highest BCUT2D eigenvalue weighted by Gasteiger charge is 2.54. The monoisotopic (exact) mass is 527 g/mol. The molecule has 16 heteroatoms. The summed E-state index contributed by atoms with van der Waals surface area (Å²) >= 11 is 2.17. The number of likely N-dealkylation sites (tertiary alicyclic amines) is 1. The summed E-state index contributed by atoms with van der Waals surface area (Å²) in [6, 6.07) is -1.00. The van der Waals surface area contributed by atoms with Crippen molar-refractivity contribution in [2.24, 2.45) is 5.16 Å². The van der Waals surface area contributed by atoms with Crippen molar-refractivity contribution in [2.45, 2.75) is 30.0 Å². The molecule has 4 rings (SSSR count). The van der Waals surface area contributed by atoms with Crippen molar-refractivity contribution in [1.29, 1.82) is 0 Å². The Morgan fingerprint density at radius 3 is 2.74 bits per heavy atom. The molecule has 1 aromatic heterocycles. The number of rotatable bonds is 7. The van der Waals surface area contributed by atoms with E-state index < -0.39 is 41.4 Å². The number of carboxylic acids is 1. The van der Waals surface area contributed by atoms with Crippen LogP contribution in [0.1, 0.15) is 12.2 Å². The lowest BCUT2D eigenvalue weighted by molar-refractivity contribution is -0.914. The number of quaternary nitrogens is 1. The Bertz CT molecular complexity index is 1110. The lowest BCUT2D eigenvalue weighted by atomic mass is 9.99. The second-order valence-corrected chi connectivity index (χ2v) is 10.7. The van der Waals surface area contributed by atoms with E-state index in [4.69, 9.17) is 10.6 Å². The SMILES string of the molecule is CO/N=C(\C(=O)N[C@@H]1C(=O)N2C(C(=O)[O-])=C(C[N+]3(C)CC[C@@H](O)[C@@H](O)C3)CS[C@H]12)c1nsc(N)n1. The van der Waals surface area contributed by atoms with Gasteiger partial charge in [0.25, 0.3) is 11.8 Å². The van der Waals surface area contributed by atoms with Gasteiger partial charge < -0.3 is 40.5 Å². The highest BCUT2D eigenvalue weighted by molar-refractivity contribution is 8.00. The summed E-state index contributed by atoms with van der Waals surface area (Å²) in [7, 11) is 3.10. The third-order valence-electron chi connectivity index (χ3n) is 6.19. The molecule has 3 aliphatic heterocycles. The molecular formula is C19H25N7O7S2. The van der Waals surface area contributed by atoms with Gasteiger partial charge in [-0.1, -0.05) is 5.16 Å². The van der Waals surface area contributed by atoms with Gasteiger partial charge in [0.05, 0.1) is 31.4 Å². The number of nitrogens with one attached hydrogen (secondary N) is 1. The van der Waals surface area contributed by atoms with Crippen molar-refractivity contribution in [1.82, 2.24) is 19.6 Å². The molecule has 0 aliphatic carbocycles. The number of amides is 2. The zero-order chi connectivity index (χ0) is 25.5. The molecule has 0 radical (unpaired) electrons. The molecule has 1 unspecified atom stereocenters. The highest BCUT2D eigenvalue weighted by atomic mass is 32.2. The van der Waals surface area contributed by atoms with Crippen LogP contribution in [0.3, 0.4) is 0 Å².